The smallest absolute Gasteiger partial charge is 0.231 e. The Morgan fingerprint density at radius 3 is 2.47 bits per heavy atom. The monoisotopic (exact) mass is 403 g/mol. The van der Waals surface area contributed by atoms with Crippen LogP contribution in [0.2, 0.25) is 0 Å². The maximum absolute atomic E-state index is 13.9. The van der Waals surface area contributed by atoms with Crippen LogP contribution in [0.1, 0.15) is 44.1 Å². The standard InChI is InChI=1S/C25H26FN3O/c1-15-5-6-29-21(7-15)27-22(19-3-2-4-20(26)11-19)23(29)28-24(30)25-12-16-8-17(13-25)10-18(9-16)14-25/h2-7,11,16-18H,8-10,12-14H2,1H3,(H,28,30). The lowest BCUT2D eigenvalue weighted by atomic mass is 9.49. The molecule has 154 valence electrons. The van der Waals surface area contributed by atoms with E-state index in [1.165, 1.54) is 31.4 Å². The number of carbonyl (C=O) groups excluding carboxylic acids is 1. The van der Waals surface area contributed by atoms with Crippen molar-refractivity contribution in [1.82, 2.24) is 9.38 Å². The molecule has 2 heterocycles. The van der Waals surface area contributed by atoms with Crippen molar-refractivity contribution in [2.24, 2.45) is 23.2 Å². The summed E-state index contributed by atoms with van der Waals surface area (Å²) in [4.78, 5) is 18.5. The van der Waals surface area contributed by atoms with Gasteiger partial charge in [0.2, 0.25) is 5.91 Å². The second-order valence-corrected chi connectivity index (χ2v) is 9.90. The van der Waals surface area contributed by atoms with Crippen LogP contribution in [0, 0.1) is 35.9 Å². The quantitative estimate of drug-likeness (QED) is 0.618. The second kappa shape index (κ2) is 6.40. The van der Waals surface area contributed by atoms with E-state index in [9.17, 15) is 9.18 Å². The van der Waals surface area contributed by atoms with Gasteiger partial charge in [-0.05, 0) is 93.0 Å². The summed E-state index contributed by atoms with van der Waals surface area (Å²) in [6.07, 6.45) is 8.87. The van der Waals surface area contributed by atoms with Crippen LogP contribution in [0.5, 0.6) is 0 Å². The molecule has 0 radical (unpaired) electrons. The minimum absolute atomic E-state index is 0.127. The molecule has 4 fully saturated rings. The molecule has 0 spiro atoms. The number of hydrogen-bond acceptors (Lipinski definition) is 2. The van der Waals surface area contributed by atoms with Gasteiger partial charge >= 0.3 is 0 Å². The molecule has 4 saturated carbocycles. The van der Waals surface area contributed by atoms with Gasteiger partial charge in [0.15, 0.2) is 0 Å². The number of amides is 1. The molecule has 4 bridgehead atoms. The van der Waals surface area contributed by atoms with Gasteiger partial charge in [0.05, 0.1) is 5.41 Å². The molecule has 0 atom stereocenters. The number of anilines is 1. The highest BCUT2D eigenvalue weighted by Gasteiger charge is 2.54. The molecule has 0 saturated heterocycles. The van der Waals surface area contributed by atoms with Crippen LogP contribution < -0.4 is 5.32 Å². The number of nitrogens with zero attached hydrogens (tertiary/aromatic N) is 2. The molecule has 2 aromatic heterocycles. The number of imidazole rings is 1. The summed E-state index contributed by atoms with van der Waals surface area (Å²) in [5, 5.41) is 3.27. The van der Waals surface area contributed by atoms with Crippen LogP contribution in [0.3, 0.4) is 0 Å². The van der Waals surface area contributed by atoms with Crippen molar-refractivity contribution >= 4 is 17.4 Å². The van der Waals surface area contributed by atoms with E-state index in [-0.39, 0.29) is 17.1 Å². The minimum atomic E-state index is -0.306. The van der Waals surface area contributed by atoms with Gasteiger partial charge in [0.25, 0.3) is 0 Å². The minimum Gasteiger partial charge on any atom is -0.309 e. The number of hydrogen-bond donors (Lipinski definition) is 1. The topological polar surface area (TPSA) is 46.4 Å². The van der Waals surface area contributed by atoms with E-state index in [4.69, 9.17) is 4.98 Å². The number of pyridine rings is 1. The molecule has 1 N–H and O–H groups in total. The fraction of sp³-hybridized carbons (Fsp3) is 0.440. The highest BCUT2D eigenvalue weighted by Crippen LogP contribution is 2.60. The van der Waals surface area contributed by atoms with Crippen molar-refractivity contribution in [3.05, 3.63) is 54.0 Å². The first-order valence-electron chi connectivity index (χ1n) is 11.1. The van der Waals surface area contributed by atoms with Crippen LogP contribution in [0.15, 0.2) is 42.6 Å². The molecule has 0 unspecified atom stereocenters. The Hall–Kier alpha value is -2.69. The van der Waals surface area contributed by atoms with Crippen LogP contribution in [0.25, 0.3) is 16.9 Å². The number of fused-ring (bicyclic) bond motifs is 1. The zero-order chi connectivity index (χ0) is 20.5. The van der Waals surface area contributed by atoms with Crippen LogP contribution in [-0.2, 0) is 4.79 Å². The van der Waals surface area contributed by atoms with Crippen molar-refractivity contribution < 1.29 is 9.18 Å². The summed E-state index contributed by atoms with van der Waals surface area (Å²) < 4.78 is 15.9. The van der Waals surface area contributed by atoms with E-state index in [0.717, 1.165) is 30.5 Å². The van der Waals surface area contributed by atoms with Crippen molar-refractivity contribution in [2.75, 3.05) is 5.32 Å². The van der Waals surface area contributed by atoms with Gasteiger partial charge < -0.3 is 5.32 Å². The first kappa shape index (κ1) is 18.1. The van der Waals surface area contributed by atoms with E-state index < -0.39 is 0 Å². The fourth-order valence-corrected chi connectivity index (χ4v) is 6.73. The van der Waals surface area contributed by atoms with E-state index in [1.54, 1.807) is 6.07 Å². The van der Waals surface area contributed by atoms with Gasteiger partial charge in [-0.15, -0.1) is 0 Å². The van der Waals surface area contributed by atoms with Crippen molar-refractivity contribution in [1.29, 1.82) is 0 Å². The van der Waals surface area contributed by atoms with Gasteiger partial charge in [0.1, 0.15) is 23.0 Å². The number of rotatable bonds is 3. The third-order valence-corrected chi connectivity index (χ3v) is 7.63. The Morgan fingerprint density at radius 1 is 1.10 bits per heavy atom. The Kier molecular flexibility index (Phi) is 3.86. The Morgan fingerprint density at radius 2 is 1.80 bits per heavy atom. The number of aromatic nitrogens is 2. The summed E-state index contributed by atoms with van der Waals surface area (Å²) >= 11 is 0. The summed E-state index contributed by atoms with van der Waals surface area (Å²) in [5.41, 5.74) is 2.91. The summed E-state index contributed by atoms with van der Waals surface area (Å²) in [6, 6.07) is 10.4. The number of aryl methyl sites for hydroxylation is 1. The van der Waals surface area contributed by atoms with Crippen molar-refractivity contribution in [3.8, 4) is 11.3 Å². The maximum Gasteiger partial charge on any atom is 0.231 e. The summed E-state index contributed by atoms with van der Waals surface area (Å²) in [7, 11) is 0. The predicted molar refractivity (Wildman–Crippen MR) is 115 cm³/mol. The highest BCUT2D eigenvalue weighted by molar-refractivity contribution is 5.98. The van der Waals surface area contributed by atoms with Gasteiger partial charge in [-0.2, -0.15) is 0 Å². The first-order chi connectivity index (χ1) is 14.5. The van der Waals surface area contributed by atoms with Crippen LogP contribution in [-0.4, -0.2) is 15.3 Å². The number of carbonyl (C=O) groups is 1. The zero-order valence-electron chi connectivity index (χ0n) is 17.2. The fourth-order valence-electron chi connectivity index (χ4n) is 6.73. The van der Waals surface area contributed by atoms with Crippen molar-refractivity contribution in [2.45, 2.75) is 45.4 Å². The average Bonchev–Trinajstić information content (AvgIpc) is 3.04. The Labute approximate surface area is 175 Å². The molecular weight excluding hydrogens is 377 g/mol. The lowest BCUT2D eigenvalue weighted by molar-refractivity contribution is -0.140. The molecule has 1 amide bonds. The van der Waals surface area contributed by atoms with E-state index in [1.807, 2.05) is 35.7 Å². The Balaban J connectivity index is 1.43. The van der Waals surface area contributed by atoms with Crippen LogP contribution in [0.4, 0.5) is 10.2 Å². The SMILES string of the molecule is Cc1ccn2c(NC(=O)C34CC5CC(CC(C5)C3)C4)c(-c3cccc(F)c3)nc2c1. The largest absolute Gasteiger partial charge is 0.309 e. The lowest BCUT2D eigenvalue weighted by Crippen LogP contribution is -2.51. The third kappa shape index (κ3) is 2.78. The molecule has 4 nitrogen and oxygen atoms in total. The van der Waals surface area contributed by atoms with E-state index in [0.29, 0.717) is 34.8 Å². The number of benzene rings is 1. The molecule has 5 heteroatoms. The number of halogens is 1. The molecule has 7 rings (SSSR count). The first-order valence-corrected chi connectivity index (χ1v) is 11.1. The molecular formula is C25H26FN3O. The van der Waals surface area contributed by atoms with Crippen molar-refractivity contribution in [3.63, 3.8) is 0 Å². The number of nitrogens with one attached hydrogen (secondary N) is 1. The van der Waals surface area contributed by atoms with Gasteiger partial charge in [-0.25, -0.2) is 9.37 Å². The molecule has 30 heavy (non-hydrogen) atoms. The lowest BCUT2D eigenvalue weighted by Gasteiger charge is -2.55. The molecule has 4 aliphatic rings. The normalized spacial score (nSPS) is 29.5. The molecule has 0 aliphatic heterocycles. The average molecular weight is 404 g/mol. The maximum atomic E-state index is 13.9. The third-order valence-electron chi connectivity index (χ3n) is 7.63. The predicted octanol–water partition coefficient (Wildman–Crippen LogP) is 5.60. The Bertz CT molecular complexity index is 1130. The van der Waals surface area contributed by atoms with E-state index in [2.05, 4.69) is 5.32 Å². The summed E-state index contributed by atoms with van der Waals surface area (Å²) in [5.74, 6) is 2.58. The molecule has 4 aliphatic carbocycles. The molecule has 3 aromatic rings. The summed E-state index contributed by atoms with van der Waals surface area (Å²) in [6.45, 7) is 2.02. The molecule has 1 aromatic carbocycles. The van der Waals surface area contributed by atoms with Crippen LogP contribution >= 0.6 is 0 Å². The highest BCUT2D eigenvalue weighted by atomic mass is 19.1. The second-order valence-electron chi connectivity index (χ2n) is 9.90. The van der Waals surface area contributed by atoms with E-state index >= 15 is 0 Å². The zero-order valence-corrected chi connectivity index (χ0v) is 17.2. The van der Waals surface area contributed by atoms with Gasteiger partial charge in [-0.1, -0.05) is 12.1 Å². The van der Waals surface area contributed by atoms with Gasteiger partial charge in [0, 0.05) is 11.8 Å². The van der Waals surface area contributed by atoms with Gasteiger partial charge in [-0.3, -0.25) is 9.20 Å².